The highest BCUT2D eigenvalue weighted by atomic mass is 16.5. The Morgan fingerprint density at radius 2 is 2.27 bits per heavy atom. The fraction of sp³-hybridized carbons (Fsp3) is 0.706. The van der Waals surface area contributed by atoms with Crippen molar-refractivity contribution in [2.75, 3.05) is 19.6 Å². The minimum atomic E-state index is -0.286. The van der Waals surface area contributed by atoms with Crippen LogP contribution in [0.2, 0.25) is 0 Å². The standard InChI is InChI=1S/C17H24N2O3/c20-17(18-9-14-2-1-7-21-14)15-8-13-5-6-19(10-12-3-4-12)11-16(13)22-15/h1-2,7,12-13,15-16H,3-6,8-11H2,(H,18,20)/t13-,15+,16-/m1/s1. The van der Waals surface area contributed by atoms with Crippen molar-refractivity contribution in [3.05, 3.63) is 24.2 Å². The molecular formula is C17H24N2O3. The number of carbonyl (C=O) groups excluding carboxylic acids is 1. The predicted octanol–water partition coefficient (Wildman–Crippen LogP) is 1.79. The maximum Gasteiger partial charge on any atom is 0.249 e. The second kappa shape index (κ2) is 6.05. The highest BCUT2D eigenvalue weighted by Crippen LogP contribution is 2.36. The van der Waals surface area contributed by atoms with Crippen LogP contribution in [0.3, 0.4) is 0 Å². The van der Waals surface area contributed by atoms with E-state index in [2.05, 4.69) is 10.2 Å². The Bertz CT molecular complexity index is 512. The number of amides is 1. The Hall–Kier alpha value is -1.33. The van der Waals surface area contributed by atoms with Gasteiger partial charge in [-0.3, -0.25) is 4.79 Å². The highest BCUT2D eigenvalue weighted by Gasteiger charge is 2.42. The third-order valence-electron chi connectivity index (χ3n) is 5.16. The third-order valence-corrected chi connectivity index (χ3v) is 5.16. The van der Waals surface area contributed by atoms with Gasteiger partial charge in [-0.15, -0.1) is 0 Å². The van der Waals surface area contributed by atoms with Crippen LogP contribution in [0, 0.1) is 11.8 Å². The number of fused-ring (bicyclic) bond motifs is 1. The Labute approximate surface area is 131 Å². The van der Waals surface area contributed by atoms with Gasteiger partial charge >= 0.3 is 0 Å². The molecule has 5 nitrogen and oxygen atoms in total. The molecule has 1 aromatic rings. The van der Waals surface area contributed by atoms with Crippen LogP contribution in [0.1, 0.15) is 31.4 Å². The first-order valence-electron chi connectivity index (χ1n) is 8.46. The van der Waals surface area contributed by atoms with Crippen LogP contribution < -0.4 is 5.32 Å². The topological polar surface area (TPSA) is 54.7 Å². The Kier molecular flexibility index (Phi) is 3.92. The van der Waals surface area contributed by atoms with Crippen molar-refractivity contribution in [3.8, 4) is 0 Å². The van der Waals surface area contributed by atoms with E-state index in [1.165, 1.54) is 32.4 Å². The summed E-state index contributed by atoms with van der Waals surface area (Å²) in [7, 11) is 0. The van der Waals surface area contributed by atoms with E-state index in [0.29, 0.717) is 12.5 Å². The first-order chi connectivity index (χ1) is 10.8. The monoisotopic (exact) mass is 304 g/mol. The molecule has 1 amide bonds. The number of piperidine rings is 1. The molecule has 0 radical (unpaired) electrons. The zero-order valence-corrected chi connectivity index (χ0v) is 12.9. The first-order valence-corrected chi connectivity index (χ1v) is 8.46. The van der Waals surface area contributed by atoms with E-state index in [1.54, 1.807) is 6.26 Å². The van der Waals surface area contributed by atoms with Gasteiger partial charge in [-0.05, 0) is 56.2 Å². The summed E-state index contributed by atoms with van der Waals surface area (Å²) in [5, 5.41) is 2.92. The SMILES string of the molecule is O=C(NCc1ccco1)[C@@H]1C[C@H]2CCN(CC3CC3)C[C@H]2O1. The first kappa shape index (κ1) is 14.3. The lowest BCUT2D eigenvalue weighted by atomic mass is 9.91. The fourth-order valence-electron chi connectivity index (χ4n) is 3.70. The van der Waals surface area contributed by atoms with E-state index in [0.717, 1.165) is 24.6 Å². The lowest BCUT2D eigenvalue weighted by molar-refractivity contribution is -0.133. The summed E-state index contributed by atoms with van der Waals surface area (Å²) in [4.78, 5) is 14.8. The van der Waals surface area contributed by atoms with E-state index in [4.69, 9.17) is 9.15 Å². The van der Waals surface area contributed by atoms with E-state index in [9.17, 15) is 4.79 Å². The molecule has 4 rings (SSSR count). The lowest BCUT2D eigenvalue weighted by Gasteiger charge is -2.34. The van der Waals surface area contributed by atoms with Crippen LogP contribution >= 0.6 is 0 Å². The number of likely N-dealkylation sites (tertiary alicyclic amines) is 1. The van der Waals surface area contributed by atoms with Crippen molar-refractivity contribution in [2.24, 2.45) is 11.8 Å². The van der Waals surface area contributed by atoms with Gasteiger partial charge in [0.2, 0.25) is 5.91 Å². The minimum absolute atomic E-state index is 0.000423. The van der Waals surface area contributed by atoms with Gasteiger partial charge in [-0.1, -0.05) is 0 Å². The normalized spacial score (nSPS) is 31.9. The smallest absolute Gasteiger partial charge is 0.249 e. The Morgan fingerprint density at radius 3 is 3.05 bits per heavy atom. The number of rotatable bonds is 5. The molecule has 0 unspecified atom stereocenters. The van der Waals surface area contributed by atoms with Crippen LogP contribution in [0.25, 0.3) is 0 Å². The molecule has 2 aliphatic heterocycles. The number of nitrogens with one attached hydrogen (secondary N) is 1. The van der Waals surface area contributed by atoms with Crippen LogP contribution in [-0.4, -0.2) is 42.6 Å². The molecule has 1 aromatic heterocycles. The van der Waals surface area contributed by atoms with Gasteiger partial charge < -0.3 is 19.4 Å². The van der Waals surface area contributed by atoms with Crippen molar-refractivity contribution in [2.45, 2.75) is 44.4 Å². The van der Waals surface area contributed by atoms with Crippen molar-refractivity contribution in [3.63, 3.8) is 0 Å². The second-order valence-electron chi connectivity index (χ2n) is 6.95. The molecule has 1 aliphatic carbocycles. The summed E-state index contributed by atoms with van der Waals surface area (Å²) in [5.41, 5.74) is 0. The molecule has 0 spiro atoms. The molecule has 5 heteroatoms. The van der Waals surface area contributed by atoms with E-state index in [-0.39, 0.29) is 18.1 Å². The summed E-state index contributed by atoms with van der Waals surface area (Å²) < 4.78 is 11.3. The number of furan rings is 1. The Balaban J connectivity index is 1.27. The van der Waals surface area contributed by atoms with Crippen LogP contribution in [0.4, 0.5) is 0 Å². The number of hydrogen-bond acceptors (Lipinski definition) is 4. The molecule has 3 atom stereocenters. The maximum atomic E-state index is 12.3. The minimum Gasteiger partial charge on any atom is -0.467 e. The Morgan fingerprint density at radius 1 is 1.36 bits per heavy atom. The molecule has 22 heavy (non-hydrogen) atoms. The van der Waals surface area contributed by atoms with Crippen molar-refractivity contribution in [1.29, 1.82) is 0 Å². The number of hydrogen-bond donors (Lipinski definition) is 1. The van der Waals surface area contributed by atoms with Gasteiger partial charge in [0, 0.05) is 13.1 Å². The average Bonchev–Trinajstić information content (AvgIpc) is 3.04. The number of nitrogens with zero attached hydrogens (tertiary/aromatic N) is 1. The molecule has 1 saturated carbocycles. The summed E-state index contributed by atoms with van der Waals surface area (Å²) in [6, 6.07) is 3.70. The van der Waals surface area contributed by atoms with Crippen LogP contribution in [0.5, 0.6) is 0 Å². The van der Waals surface area contributed by atoms with Crippen molar-refractivity contribution < 1.29 is 13.9 Å². The number of ether oxygens (including phenoxy) is 1. The van der Waals surface area contributed by atoms with Crippen LogP contribution in [-0.2, 0) is 16.1 Å². The lowest BCUT2D eigenvalue weighted by Crippen LogP contribution is -2.43. The summed E-state index contributed by atoms with van der Waals surface area (Å²) in [6.07, 6.45) is 6.40. The second-order valence-corrected chi connectivity index (χ2v) is 6.95. The molecule has 3 aliphatic rings. The summed E-state index contributed by atoms with van der Waals surface area (Å²) in [5.74, 6) is 2.25. The van der Waals surface area contributed by atoms with E-state index >= 15 is 0 Å². The van der Waals surface area contributed by atoms with E-state index in [1.807, 2.05) is 12.1 Å². The molecule has 0 aromatic carbocycles. The maximum absolute atomic E-state index is 12.3. The van der Waals surface area contributed by atoms with Gasteiger partial charge in [0.25, 0.3) is 0 Å². The van der Waals surface area contributed by atoms with Gasteiger partial charge in [0.1, 0.15) is 11.9 Å². The van der Waals surface area contributed by atoms with Gasteiger partial charge in [-0.2, -0.15) is 0 Å². The van der Waals surface area contributed by atoms with E-state index < -0.39 is 0 Å². The van der Waals surface area contributed by atoms with Gasteiger partial charge in [-0.25, -0.2) is 0 Å². The molecule has 1 N–H and O–H groups in total. The highest BCUT2D eigenvalue weighted by molar-refractivity contribution is 5.81. The molecule has 3 heterocycles. The largest absolute Gasteiger partial charge is 0.467 e. The quantitative estimate of drug-likeness (QED) is 0.901. The zero-order valence-electron chi connectivity index (χ0n) is 12.9. The fourth-order valence-corrected chi connectivity index (χ4v) is 3.70. The molecular weight excluding hydrogens is 280 g/mol. The molecule has 120 valence electrons. The van der Waals surface area contributed by atoms with Gasteiger partial charge in [0.05, 0.1) is 18.9 Å². The van der Waals surface area contributed by atoms with Crippen molar-refractivity contribution in [1.82, 2.24) is 10.2 Å². The third kappa shape index (κ3) is 3.20. The average molecular weight is 304 g/mol. The van der Waals surface area contributed by atoms with Gasteiger partial charge in [0.15, 0.2) is 0 Å². The molecule has 0 bridgehead atoms. The molecule has 2 saturated heterocycles. The summed E-state index contributed by atoms with van der Waals surface area (Å²) >= 11 is 0. The molecule has 3 fully saturated rings. The predicted molar refractivity (Wildman–Crippen MR) is 81.1 cm³/mol. The summed E-state index contributed by atoms with van der Waals surface area (Å²) in [6.45, 7) is 3.83. The van der Waals surface area contributed by atoms with Crippen LogP contribution in [0.15, 0.2) is 22.8 Å². The number of carbonyl (C=O) groups is 1. The van der Waals surface area contributed by atoms with Crippen molar-refractivity contribution >= 4 is 5.91 Å². The zero-order chi connectivity index (χ0) is 14.9.